The highest BCUT2D eigenvalue weighted by molar-refractivity contribution is 7.89. The van der Waals surface area contributed by atoms with Gasteiger partial charge in [-0.1, -0.05) is 54.1 Å². The summed E-state index contributed by atoms with van der Waals surface area (Å²) < 4.78 is 34.1. The number of nitriles is 1. The fourth-order valence-corrected chi connectivity index (χ4v) is 7.15. The number of benzene rings is 3. The van der Waals surface area contributed by atoms with Crippen LogP contribution in [0.15, 0.2) is 77.0 Å². The molecule has 226 valence electrons. The molecule has 44 heavy (non-hydrogen) atoms. The number of hydrogen-bond acceptors (Lipinski definition) is 8. The Morgan fingerprint density at radius 1 is 1.14 bits per heavy atom. The van der Waals surface area contributed by atoms with Crippen molar-refractivity contribution < 1.29 is 32.6 Å². The first-order valence-corrected chi connectivity index (χ1v) is 16.0. The van der Waals surface area contributed by atoms with Crippen LogP contribution in [0.3, 0.4) is 0 Å². The highest BCUT2D eigenvalue weighted by Crippen LogP contribution is 2.33. The molecule has 2 heterocycles. The molecule has 2 amide bonds. The summed E-state index contributed by atoms with van der Waals surface area (Å²) in [6, 6.07) is 18.2. The average molecular weight is 653 g/mol. The first kappa shape index (κ1) is 31.0. The molecule has 4 aromatic rings. The normalized spacial score (nSPS) is 15.6. The number of carboxylic acids is 1. The van der Waals surface area contributed by atoms with Crippen molar-refractivity contribution in [1.29, 1.82) is 5.26 Å². The van der Waals surface area contributed by atoms with Crippen molar-refractivity contribution in [3.63, 3.8) is 0 Å². The molecule has 3 N–H and O–H groups in total. The van der Waals surface area contributed by atoms with E-state index in [2.05, 4.69) is 10.0 Å². The number of carboxylic acid groups (broad SMARTS) is 1. The third kappa shape index (κ3) is 6.84. The van der Waals surface area contributed by atoms with Crippen molar-refractivity contribution >= 4 is 67.4 Å². The van der Waals surface area contributed by atoms with E-state index in [1.165, 1.54) is 40.5 Å². The van der Waals surface area contributed by atoms with Gasteiger partial charge in [-0.25, -0.2) is 13.2 Å². The van der Waals surface area contributed by atoms with Gasteiger partial charge in [-0.3, -0.25) is 14.9 Å². The van der Waals surface area contributed by atoms with Crippen LogP contribution in [0, 0.1) is 17.2 Å². The monoisotopic (exact) mass is 652 g/mol. The van der Waals surface area contributed by atoms with Crippen molar-refractivity contribution in [2.45, 2.75) is 30.5 Å². The lowest BCUT2D eigenvalue weighted by Gasteiger charge is -2.21. The lowest BCUT2D eigenvalue weighted by atomic mass is 9.99. The predicted octanol–water partition coefficient (Wildman–Crippen LogP) is 4.96. The van der Waals surface area contributed by atoms with Crippen molar-refractivity contribution in [2.24, 2.45) is 5.92 Å². The molecule has 14 heteroatoms. The maximum absolute atomic E-state index is 13.3. The Kier molecular flexibility index (Phi) is 9.17. The van der Waals surface area contributed by atoms with E-state index in [0.29, 0.717) is 15.6 Å². The number of halogens is 1. The predicted molar refractivity (Wildman–Crippen MR) is 164 cm³/mol. The Morgan fingerprint density at radius 2 is 1.91 bits per heavy atom. The maximum Gasteiger partial charge on any atom is 0.412 e. The molecule has 0 aliphatic carbocycles. The lowest BCUT2D eigenvalue weighted by Crippen LogP contribution is -2.48. The third-order valence-corrected chi connectivity index (χ3v) is 9.84. The summed E-state index contributed by atoms with van der Waals surface area (Å²) in [5, 5.41) is 24.3. The van der Waals surface area contributed by atoms with Gasteiger partial charge in [0.1, 0.15) is 23.6 Å². The molecule has 1 unspecified atom stereocenters. The largest absolute Gasteiger partial charge is 0.480 e. The first-order valence-electron chi connectivity index (χ1n) is 13.3. The van der Waals surface area contributed by atoms with Crippen molar-refractivity contribution in [1.82, 2.24) is 9.62 Å². The molecule has 11 nitrogen and oxygen atoms in total. The van der Waals surface area contributed by atoms with Crippen LogP contribution in [0.4, 0.5) is 10.5 Å². The molecule has 1 fully saturated rings. The van der Waals surface area contributed by atoms with Crippen molar-refractivity contribution in [3.8, 4) is 6.07 Å². The van der Waals surface area contributed by atoms with Crippen LogP contribution in [0.1, 0.15) is 22.4 Å². The topological polar surface area (TPSA) is 166 Å². The van der Waals surface area contributed by atoms with Crippen molar-refractivity contribution in [2.75, 3.05) is 11.9 Å². The summed E-state index contributed by atoms with van der Waals surface area (Å²) in [6.45, 7) is 0.503. The molecule has 0 spiro atoms. The van der Waals surface area contributed by atoms with Crippen LogP contribution >= 0.6 is 22.9 Å². The summed E-state index contributed by atoms with van der Waals surface area (Å²) in [7, 11) is -4.38. The second-order valence-corrected chi connectivity index (χ2v) is 13.0. The summed E-state index contributed by atoms with van der Waals surface area (Å²) >= 11 is 7.75. The number of aliphatic carboxylic acids is 1. The minimum absolute atomic E-state index is 0.0612. The van der Waals surface area contributed by atoms with Crippen LogP contribution in [0.5, 0.6) is 0 Å². The molecule has 0 radical (unpaired) electrons. The van der Waals surface area contributed by atoms with E-state index in [1.807, 2.05) is 36.4 Å². The zero-order valence-corrected chi connectivity index (χ0v) is 25.3. The zero-order chi connectivity index (χ0) is 31.4. The zero-order valence-electron chi connectivity index (χ0n) is 22.9. The van der Waals surface area contributed by atoms with E-state index >= 15 is 0 Å². The van der Waals surface area contributed by atoms with Gasteiger partial charge in [-0.2, -0.15) is 9.98 Å². The van der Waals surface area contributed by atoms with Crippen LogP contribution in [0.25, 0.3) is 10.8 Å². The van der Waals surface area contributed by atoms with Gasteiger partial charge in [0.2, 0.25) is 15.9 Å². The number of rotatable bonds is 10. The number of amides is 2. The van der Waals surface area contributed by atoms with Gasteiger partial charge in [0.15, 0.2) is 0 Å². The smallest absolute Gasteiger partial charge is 0.412 e. The van der Waals surface area contributed by atoms with Gasteiger partial charge in [-0.15, -0.1) is 11.3 Å². The number of anilines is 1. The Labute approximate surface area is 261 Å². The number of carbonyl (C=O) groups excluding carboxylic acids is 2. The molecular formula is C30H25ClN4O7S2. The second kappa shape index (κ2) is 13.0. The highest BCUT2D eigenvalue weighted by Gasteiger charge is 2.43. The quantitative estimate of drug-likeness (QED) is 0.216. The summed E-state index contributed by atoms with van der Waals surface area (Å²) in [6.07, 6.45) is -0.578. The van der Waals surface area contributed by atoms with Crippen LogP contribution in [-0.2, 0) is 37.5 Å². The molecule has 2 atom stereocenters. The van der Waals surface area contributed by atoms with Crippen molar-refractivity contribution in [3.05, 3.63) is 93.1 Å². The number of thiophene rings is 1. The van der Waals surface area contributed by atoms with Crippen LogP contribution in [-0.4, -0.2) is 49.0 Å². The van der Waals surface area contributed by atoms with Gasteiger partial charge in [-0.05, 0) is 52.6 Å². The Morgan fingerprint density at radius 3 is 2.61 bits per heavy atom. The highest BCUT2D eigenvalue weighted by atomic mass is 35.5. The summed E-state index contributed by atoms with van der Waals surface area (Å²) in [4.78, 5) is 39.3. The second-order valence-electron chi connectivity index (χ2n) is 10.0. The van der Waals surface area contributed by atoms with E-state index < -0.39 is 40.0 Å². The number of ether oxygens (including phenoxy) is 1. The number of likely N-dealkylation sites (tertiary alicyclic amines) is 1. The van der Waals surface area contributed by atoms with Gasteiger partial charge in [0, 0.05) is 18.5 Å². The minimum atomic E-state index is -4.38. The van der Waals surface area contributed by atoms with Gasteiger partial charge in [0.25, 0.3) is 0 Å². The molecule has 0 saturated carbocycles. The SMILES string of the molecule is N#Cc1cc(CN2CC[C@@H](C(NS(=O)(=O)c3ccc4c(Cl)c(NC(=O)OCc5ccccc5)ccc4c3)C(=O)O)C2=O)cs1. The molecule has 1 saturated heterocycles. The molecule has 5 rings (SSSR count). The Hall–Kier alpha value is -4.48. The van der Waals surface area contributed by atoms with Crippen LogP contribution in [0.2, 0.25) is 5.02 Å². The first-order chi connectivity index (χ1) is 21.1. The maximum atomic E-state index is 13.3. The average Bonchev–Trinajstić information content (AvgIpc) is 3.62. The molecule has 0 bridgehead atoms. The number of sulfonamides is 1. The fourth-order valence-electron chi connectivity index (χ4n) is 4.91. The molecule has 1 aliphatic heterocycles. The van der Waals surface area contributed by atoms with Crippen LogP contribution < -0.4 is 10.0 Å². The fraction of sp³-hybridized carbons (Fsp3) is 0.200. The third-order valence-electron chi connectivity index (χ3n) is 7.11. The van der Waals surface area contributed by atoms with E-state index in [9.17, 15) is 27.9 Å². The van der Waals surface area contributed by atoms with Gasteiger partial charge < -0.3 is 14.7 Å². The van der Waals surface area contributed by atoms with E-state index in [1.54, 1.807) is 17.5 Å². The Bertz CT molecular complexity index is 1890. The number of nitrogens with one attached hydrogen (secondary N) is 2. The molecule has 1 aromatic heterocycles. The molecular weight excluding hydrogens is 628 g/mol. The number of carbonyl (C=O) groups is 3. The number of fused-ring (bicyclic) bond motifs is 1. The molecule has 3 aromatic carbocycles. The van der Waals surface area contributed by atoms with E-state index in [4.69, 9.17) is 21.6 Å². The van der Waals surface area contributed by atoms with Gasteiger partial charge >= 0.3 is 12.1 Å². The Balaban J connectivity index is 1.28. The lowest BCUT2D eigenvalue weighted by molar-refractivity contribution is -0.144. The standard InChI is InChI=1S/C30H25ClN4O7S2/c31-26-23-8-7-22(13-20(23)6-9-25(26)33-30(39)42-16-18-4-2-1-3-5-18)44(40,41)34-27(29(37)38)24-10-11-35(28(24)36)15-19-12-21(14-32)43-17-19/h1-9,12-13,17,24,27,34H,10-11,15-16H2,(H,33,39)(H,37,38)/t24-,27?/m0/s1. The van der Waals surface area contributed by atoms with Gasteiger partial charge in [0.05, 0.1) is 21.5 Å². The molecule has 1 aliphatic rings. The minimum Gasteiger partial charge on any atom is -0.480 e. The van der Waals surface area contributed by atoms with E-state index in [0.717, 1.165) is 11.1 Å². The van der Waals surface area contributed by atoms with E-state index in [-0.39, 0.29) is 41.7 Å². The number of hydrogen-bond donors (Lipinski definition) is 3. The summed E-state index contributed by atoms with van der Waals surface area (Å²) in [5.74, 6) is -3.08. The number of nitrogens with zero attached hydrogens (tertiary/aromatic N) is 2. The summed E-state index contributed by atoms with van der Waals surface area (Å²) in [5.41, 5.74) is 1.81.